The summed E-state index contributed by atoms with van der Waals surface area (Å²) in [7, 11) is 0. The maximum Gasteiger partial charge on any atom is 0.0546 e. The fourth-order valence-electron chi connectivity index (χ4n) is 7.24. The van der Waals surface area contributed by atoms with Crippen molar-refractivity contribution >= 4 is 60.2 Å². The zero-order chi connectivity index (χ0) is 31.2. The minimum atomic E-state index is 1.11. The van der Waals surface area contributed by atoms with Gasteiger partial charge in [-0.05, 0) is 84.7 Å². The average Bonchev–Trinajstić information content (AvgIpc) is 3.15. The highest BCUT2D eigenvalue weighted by Crippen LogP contribution is 2.46. The quantitative estimate of drug-likeness (QED) is 0.178. The van der Waals surface area contributed by atoms with Crippen LogP contribution in [0.4, 0.5) is 17.1 Å². The summed E-state index contributed by atoms with van der Waals surface area (Å²) in [6.07, 6.45) is 0. The van der Waals surface area contributed by atoms with Gasteiger partial charge in [-0.2, -0.15) is 0 Å². The Morgan fingerprint density at radius 3 is 1.47 bits per heavy atom. The highest BCUT2D eigenvalue weighted by Gasteiger charge is 2.20. The standard InChI is InChI=1S/C46H31N/c1-2-14-32(15-3-1)39-20-12-13-25-45(39)47(46-31-35-17-5-7-19-38(35)41-22-10-11-24-43(41)46)36-28-26-33(27-29-36)44-30-34-16-4-6-18-37(34)40-21-8-9-23-42(40)44/h1-31H. The van der Waals surface area contributed by atoms with Gasteiger partial charge in [0.25, 0.3) is 0 Å². The molecule has 1 nitrogen and oxygen atoms in total. The van der Waals surface area contributed by atoms with E-state index < -0.39 is 0 Å². The van der Waals surface area contributed by atoms with E-state index in [1.807, 2.05) is 0 Å². The molecule has 9 aromatic rings. The fourth-order valence-corrected chi connectivity index (χ4v) is 7.24. The first-order chi connectivity index (χ1) is 23.3. The highest BCUT2D eigenvalue weighted by atomic mass is 15.1. The molecule has 0 heterocycles. The molecule has 1 heteroatoms. The molecular formula is C46H31N. The normalized spacial score (nSPS) is 11.4. The van der Waals surface area contributed by atoms with Crippen molar-refractivity contribution in [3.8, 4) is 22.3 Å². The largest absolute Gasteiger partial charge is 0.309 e. The zero-order valence-corrected chi connectivity index (χ0v) is 25.8. The average molecular weight is 598 g/mol. The lowest BCUT2D eigenvalue weighted by molar-refractivity contribution is 1.30. The number of benzene rings is 9. The third kappa shape index (κ3) is 4.64. The van der Waals surface area contributed by atoms with Crippen molar-refractivity contribution < 1.29 is 0 Å². The maximum atomic E-state index is 2.44. The monoisotopic (exact) mass is 597 g/mol. The van der Waals surface area contributed by atoms with Gasteiger partial charge in [-0.25, -0.2) is 0 Å². The molecule has 0 unspecified atom stereocenters. The van der Waals surface area contributed by atoms with Crippen molar-refractivity contribution in [2.75, 3.05) is 4.90 Å². The van der Waals surface area contributed by atoms with E-state index in [1.165, 1.54) is 65.3 Å². The highest BCUT2D eigenvalue weighted by molar-refractivity contribution is 6.16. The van der Waals surface area contributed by atoms with Gasteiger partial charge in [0.2, 0.25) is 0 Å². The van der Waals surface area contributed by atoms with Crippen LogP contribution in [-0.4, -0.2) is 0 Å². The van der Waals surface area contributed by atoms with Crippen LogP contribution in [0.3, 0.4) is 0 Å². The summed E-state index contributed by atoms with van der Waals surface area (Å²) in [6, 6.07) is 68.2. The number of fused-ring (bicyclic) bond motifs is 6. The maximum absolute atomic E-state index is 2.44. The minimum absolute atomic E-state index is 1.11. The second-order valence-electron chi connectivity index (χ2n) is 12.1. The Kier molecular flexibility index (Phi) is 6.54. The second-order valence-corrected chi connectivity index (χ2v) is 12.1. The van der Waals surface area contributed by atoms with E-state index in [-0.39, 0.29) is 0 Å². The van der Waals surface area contributed by atoms with Crippen LogP contribution in [-0.2, 0) is 0 Å². The van der Waals surface area contributed by atoms with Crippen molar-refractivity contribution in [1.29, 1.82) is 0 Å². The zero-order valence-electron chi connectivity index (χ0n) is 25.8. The molecular weight excluding hydrogens is 567 g/mol. The smallest absolute Gasteiger partial charge is 0.0546 e. The lowest BCUT2D eigenvalue weighted by Crippen LogP contribution is -2.12. The number of rotatable bonds is 5. The summed E-state index contributed by atoms with van der Waals surface area (Å²) in [4.78, 5) is 2.44. The second kappa shape index (κ2) is 11.3. The predicted molar refractivity (Wildman–Crippen MR) is 202 cm³/mol. The van der Waals surface area contributed by atoms with E-state index in [0.29, 0.717) is 0 Å². The Bertz CT molecular complexity index is 2560. The molecule has 47 heavy (non-hydrogen) atoms. The molecule has 0 amide bonds. The first-order valence-electron chi connectivity index (χ1n) is 16.2. The Morgan fingerprint density at radius 2 is 0.766 bits per heavy atom. The molecule has 220 valence electrons. The minimum Gasteiger partial charge on any atom is -0.309 e. The SMILES string of the molecule is c1ccc(-c2ccccc2N(c2ccc(-c3cc4ccccc4c4ccccc34)cc2)c2cc3ccccc3c3ccccc23)cc1. The third-order valence-corrected chi connectivity index (χ3v) is 9.42. The van der Waals surface area contributed by atoms with Crippen LogP contribution in [0.2, 0.25) is 0 Å². The van der Waals surface area contributed by atoms with Crippen LogP contribution in [0, 0.1) is 0 Å². The van der Waals surface area contributed by atoms with E-state index in [2.05, 4.69) is 193 Å². The lowest BCUT2D eigenvalue weighted by atomic mass is 9.93. The van der Waals surface area contributed by atoms with Crippen LogP contribution < -0.4 is 4.90 Å². The summed E-state index contributed by atoms with van der Waals surface area (Å²) in [5.41, 5.74) is 8.25. The van der Waals surface area contributed by atoms with Gasteiger partial charge in [0.15, 0.2) is 0 Å². The first-order valence-corrected chi connectivity index (χ1v) is 16.2. The molecule has 0 aliphatic heterocycles. The Labute approximate surface area is 274 Å². The van der Waals surface area contributed by atoms with Crippen molar-refractivity contribution in [3.63, 3.8) is 0 Å². The third-order valence-electron chi connectivity index (χ3n) is 9.42. The van der Waals surface area contributed by atoms with E-state index >= 15 is 0 Å². The topological polar surface area (TPSA) is 3.24 Å². The van der Waals surface area contributed by atoms with Gasteiger partial charge in [0, 0.05) is 16.6 Å². The molecule has 0 aliphatic carbocycles. The van der Waals surface area contributed by atoms with Crippen molar-refractivity contribution in [3.05, 3.63) is 188 Å². The summed E-state index contributed by atoms with van der Waals surface area (Å²) >= 11 is 0. The van der Waals surface area contributed by atoms with Gasteiger partial charge in [-0.15, -0.1) is 0 Å². The number of hydrogen-bond donors (Lipinski definition) is 0. The fraction of sp³-hybridized carbons (Fsp3) is 0. The Morgan fingerprint density at radius 1 is 0.277 bits per heavy atom. The molecule has 0 spiro atoms. The molecule has 0 N–H and O–H groups in total. The molecule has 9 aromatic carbocycles. The number of para-hydroxylation sites is 1. The van der Waals surface area contributed by atoms with Gasteiger partial charge in [0.1, 0.15) is 0 Å². The summed E-state index contributed by atoms with van der Waals surface area (Å²) < 4.78 is 0. The Hall–Kier alpha value is -6.18. The van der Waals surface area contributed by atoms with Gasteiger partial charge >= 0.3 is 0 Å². The molecule has 0 bridgehead atoms. The lowest BCUT2D eigenvalue weighted by Gasteiger charge is -2.30. The number of anilines is 3. The van der Waals surface area contributed by atoms with Crippen LogP contribution >= 0.6 is 0 Å². The first kappa shape index (κ1) is 27.2. The predicted octanol–water partition coefficient (Wildman–Crippen LogP) is 13.1. The van der Waals surface area contributed by atoms with E-state index in [9.17, 15) is 0 Å². The van der Waals surface area contributed by atoms with Crippen molar-refractivity contribution in [1.82, 2.24) is 0 Å². The molecule has 0 atom stereocenters. The van der Waals surface area contributed by atoms with Crippen molar-refractivity contribution in [2.24, 2.45) is 0 Å². The van der Waals surface area contributed by atoms with Crippen LogP contribution in [0.25, 0.3) is 65.3 Å². The Balaban J connectivity index is 1.29. The van der Waals surface area contributed by atoms with E-state index in [0.717, 1.165) is 17.1 Å². The molecule has 0 saturated heterocycles. The molecule has 0 aliphatic rings. The van der Waals surface area contributed by atoms with Gasteiger partial charge < -0.3 is 4.90 Å². The van der Waals surface area contributed by atoms with Gasteiger partial charge in [0.05, 0.1) is 11.4 Å². The van der Waals surface area contributed by atoms with Gasteiger partial charge in [-0.3, -0.25) is 0 Å². The van der Waals surface area contributed by atoms with Crippen LogP contribution in [0.5, 0.6) is 0 Å². The van der Waals surface area contributed by atoms with Gasteiger partial charge in [-0.1, -0.05) is 158 Å². The molecule has 0 aromatic heterocycles. The molecule has 9 rings (SSSR count). The van der Waals surface area contributed by atoms with Crippen LogP contribution in [0.15, 0.2) is 188 Å². The summed E-state index contributed by atoms with van der Waals surface area (Å²) in [5.74, 6) is 0. The number of nitrogens with zero attached hydrogens (tertiary/aromatic N) is 1. The summed E-state index contributed by atoms with van der Waals surface area (Å²) in [6.45, 7) is 0. The number of hydrogen-bond acceptors (Lipinski definition) is 1. The molecule has 0 saturated carbocycles. The molecule has 0 radical (unpaired) electrons. The molecule has 0 fully saturated rings. The van der Waals surface area contributed by atoms with E-state index in [4.69, 9.17) is 0 Å². The summed E-state index contributed by atoms with van der Waals surface area (Å²) in [5, 5.41) is 10.1. The van der Waals surface area contributed by atoms with E-state index in [1.54, 1.807) is 0 Å². The van der Waals surface area contributed by atoms with Crippen LogP contribution in [0.1, 0.15) is 0 Å². The van der Waals surface area contributed by atoms with Crippen molar-refractivity contribution in [2.45, 2.75) is 0 Å².